The number of benzene rings is 1. The van der Waals surface area contributed by atoms with E-state index in [0.717, 1.165) is 17.0 Å². The zero-order valence-corrected chi connectivity index (χ0v) is 9.54. The standard InChI is InChI=1S/C12H15ClO2/c1-9-6-11(8-14-9)15-7-10-4-2-3-5-12(10)13/h2-5,9,11H,6-8H2,1H3. The summed E-state index contributed by atoms with van der Waals surface area (Å²) in [7, 11) is 0. The predicted octanol–water partition coefficient (Wildman–Crippen LogP) is 3.03. The van der Waals surface area contributed by atoms with Crippen LogP contribution in [-0.4, -0.2) is 18.8 Å². The van der Waals surface area contributed by atoms with Crippen molar-refractivity contribution in [1.29, 1.82) is 0 Å². The van der Waals surface area contributed by atoms with Gasteiger partial charge in [0.25, 0.3) is 0 Å². The molecule has 0 saturated carbocycles. The van der Waals surface area contributed by atoms with E-state index in [1.54, 1.807) is 0 Å². The van der Waals surface area contributed by atoms with Crippen molar-refractivity contribution in [3.05, 3.63) is 34.9 Å². The molecular formula is C12H15ClO2. The molecule has 1 aromatic carbocycles. The third-order valence-electron chi connectivity index (χ3n) is 2.59. The molecule has 0 radical (unpaired) electrons. The first-order valence-corrected chi connectivity index (χ1v) is 5.60. The molecule has 1 aliphatic rings. The van der Waals surface area contributed by atoms with Crippen molar-refractivity contribution in [3.8, 4) is 0 Å². The Hall–Kier alpha value is -0.570. The van der Waals surface area contributed by atoms with Gasteiger partial charge in [-0.25, -0.2) is 0 Å². The molecule has 2 nitrogen and oxygen atoms in total. The summed E-state index contributed by atoms with van der Waals surface area (Å²) in [6.45, 7) is 3.34. The van der Waals surface area contributed by atoms with Gasteiger partial charge in [-0.3, -0.25) is 0 Å². The fourth-order valence-electron chi connectivity index (χ4n) is 1.72. The topological polar surface area (TPSA) is 18.5 Å². The molecule has 2 unspecified atom stereocenters. The van der Waals surface area contributed by atoms with Crippen LogP contribution in [0.2, 0.25) is 5.02 Å². The maximum absolute atomic E-state index is 6.03. The minimum absolute atomic E-state index is 0.219. The monoisotopic (exact) mass is 226 g/mol. The summed E-state index contributed by atoms with van der Waals surface area (Å²) in [4.78, 5) is 0. The first kappa shape index (κ1) is 10.9. The Kier molecular flexibility index (Phi) is 3.62. The van der Waals surface area contributed by atoms with Crippen molar-refractivity contribution in [1.82, 2.24) is 0 Å². The Balaban J connectivity index is 1.86. The van der Waals surface area contributed by atoms with Crippen LogP contribution in [0.25, 0.3) is 0 Å². The van der Waals surface area contributed by atoms with E-state index in [4.69, 9.17) is 21.1 Å². The maximum Gasteiger partial charge on any atom is 0.0837 e. The van der Waals surface area contributed by atoms with Crippen LogP contribution in [0.1, 0.15) is 18.9 Å². The third-order valence-corrected chi connectivity index (χ3v) is 2.96. The molecule has 1 aromatic rings. The van der Waals surface area contributed by atoms with Gasteiger partial charge in [0.2, 0.25) is 0 Å². The van der Waals surface area contributed by atoms with Gasteiger partial charge in [-0.05, 0) is 18.6 Å². The normalized spacial score (nSPS) is 25.7. The zero-order chi connectivity index (χ0) is 10.7. The van der Waals surface area contributed by atoms with Gasteiger partial charge in [-0.2, -0.15) is 0 Å². The molecule has 2 rings (SSSR count). The molecule has 0 aromatic heterocycles. The summed E-state index contributed by atoms with van der Waals surface area (Å²) in [6.07, 6.45) is 1.52. The molecule has 1 fully saturated rings. The number of hydrogen-bond acceptors (Lipinski definition) is 2. The molecule has 0 bridgehead atoms. The van der Waals surface area contributed by atoms with E-state index in [-0.39, 0.29) is 6.10 Å². The van der Waals surface area contributed by atoms with Gasteiger partial charge in [0.1, 0.15) is 0 Å². The fraction of sp³-hybridized carbons (Fsp3) is 0.500. The third kappa shape index (κ3) is 2.94. The molecular weight excluding hydrogens is 212 g/mol. The van der Waals surface area contributed by atoms with E-state index in [2.05, 4.69) is 6.92 Å². The van der Waals surface area contributed by atoms with Crippen LogP contribution in [-0.2, 0) is 16.1 Å². The van der Waals surface area contributed by atoms with Crippen LogP contribution in [0.5, 0.6) is 0 Å². The van der Waals surface area contributed by atoms with Gasteiger partial charge in [0.15, 0.2) is 0 Å². The van der Waals surface area contributed by atoms with Crippen molar-refractivity contribution in [2.75, 3.05) is 6.61 Å². The predicted molar refractivity (Wildman–Crippen MR) is 60.1 cm³/mol. The second-order valence-corrected chi connectivity index (χ2v) is 4.31. The molecule has 0 spiro atoms. The summed E-state index contributed by atoms with van der Waals surface area (Å²) in [6, 6.07) is 7.76. The van der Waals surface area contributed by atoms with Crippen LogP contribution < -0.4 is 0 Å². The first-order valence-electron chi connectivity index (χ1n) is 5.22. The molecule has 0 amide bonds. The molecule has 1 saturated heterocycles. The lowest BCUT2D eigenvalue weighted by atomic mass is 10.2. The summed E-state index contributed by atoms with van der Waals surface area (Å²) < 4.78 is 11.2. The van der Waals surface area contributed by atoms with Crippen LogP contribution >= 0.6 is 11.6 Å². The zero-order valence-electron chi connectivity index (χ0n) is 8.78. The highest BCUT2D eigenvalue weighted by atomic mass is 35.5. The Labute approximate surface area is 95.1 Å². The first-order chi connectivity index (χ1) is 7.25. The SMILES string of the molecule is CC1CC(OCc2ccccc2Cl)CO1. The molecule has 1 aliphatic heterocycles. The molecule has 15 heavy (non-hydrogen) atoms. The van der Waals surface area contributed by atoms with Gasteiger partial charge < -0.3 is 9.47 Å². The molecule has 2 atom stereocenters. The Morgan fingerprint density at radius 1 is 1.47 bits per heavy atom. The van der Waals surface area contributed by atoms with E-state index in [1.165, 1.54) is 0 Å². The molecule has 0 aliphatic carbocycles. The van der Waals surface area contributed by atoms with Crippen LogP contribution in [0.3, 0.4) is 0 Å². The van der Waals surface area contributed by atoms with Gasteiger partial charge >= 0.3 is 0 Å². The lowest BCUT2D eigenvalue weighted by Gasteiger charge is -2.10. The summed E-state index contributed by atoms with van der Waals surface area (Å²) in [5.74, 6) is 0. The smallest absolute Gasteiger partial charge is 0.0837 e. The van der Waals surface area contributed by atoms with E-state index in [9.17, 15) is 0 Å². The van der Waals surface area contributed by atoms with Crippen molar-refractivity contribution < 1.29 is 9.47 Å². The van der Waals surface area contributed by atoms with Crippen molar-refractivity contribution in [3.63, 3.8) is 0 Å². The summed E-state index contributed by atoms with van der Waals surface area (Å²) in [5, 5.41) is 0.768. The largest absolute Gasteiger partial charge is 0.376 e. The van der Waals surface area contributed by atoms with E-state index < -0.39 is 0 Å². The number of halogens is 1. The summed E-state index contributed by atoms with van der Waals surface area (Å²) >= 11 is 6.03. The van der Waals surface area contributed by atoms with Crippen molar-refractivity contribution >= 4 is 11.6 Å². The Morgan fingerprint density at radius 2 is 2.27 bits per heavy atom. The van der Waals surface area contributed by atoms with E-state index in [1.807, 2.05) is 24.3 Å². The van der Waals surface area contributed by atoms with Crippen LogP contribution in [0, 0.1) is 0 Å². The Bertz CT molecular complexity index is 327. The van der Waals surface area contributed by atoms with Crippen molar-refractivity contribution in [2.24, 2.45) is 0 Å². The van der Waals surface area contributed by atoms with Crippen LogP contribution in [0.15, 0.2) is 24.3 Å². The van der Waals surface area contributed by atoms with Gasteiger partial charge in [0, 0.05) is 11.4 Å². The quantitative estimate of drug-likeness (QED) is 0.789. The lowest BCUT2D eigenvalue weighted by molar-refractivity contribution is 0.0286. The Morgan fingerprint density at radius 3 is 2.93 bits per heavy atom. The number of hydrogen-bond donors (Lipinski definition) is 0. The lowest BCUT2D eigenvalue weighted by Crippen LogP contribution is -2.12. The average Bonchev–Trinajstić information content (AvgIpc) is 2.63. The van der Waals surface area contributed by atoms with E-state index in [0.29, 0.717) is 19.3 Å². The van der Waals surface area contributed by atoms with Crippen LogP contribution in [0.4, 0.5) is 0 Å². The highest BCUT2D eigenvalue weighted by molar-refractivity contribution is 6.31. The van der Waals surface area contributed by atoms with Crippen molar-refractivity contribution in [2.45, 2.75) is 32.2 Å². The highest BCUT2D eigenvalue weighted by Gasteiger charge is 2.22. The maximum atomic E-state index is 6.03. The number of ether oxygens (including phenoxy) is 2. The molecule has 82 valence electrons. The minimum Gasteiger partial charge on any atom is -0.376 e. The van der Waals surface area contributed by atoms with Gasteiger partial charge in [0.05, 0.1) is 25.4 Å². The highest BCUT2D eigenvalue weighted by Crippen LogP contribution is 2.20. The van der Waals surface area contributed by atoms with Gasteiger partial charge in [-0.15, -0.1) is 0 Å². The summed E-state index contributed by atoms with van der Waals surface area (Å²) in [5.41, 5.74) is 1.04. The average molecular weight is 227 g/mol. The second kappa shape index (κ2) is 4.97. The fourth-order valence-corrected chi connectivity index (χ4v) is 1.91. The van der Waals surface area contributed by atoms with Gasteiger partial charge in [-0.1, -0.05) is 29.8 Å². The second-order valence-electron chi connectivity index (χ2n) is 3.90. The molecule has 1 heterocycles. The minimum atomic E-state index is 0.219. The molecule has 3 heteroatoms. The van der Waals surface area contributed by atoms with E-state index >= 15 is 0 Å². The number of rotatable bonds is 3. The molecule has 0 N–H and O–H groups in total.